The van der Waals surface area contributed by atoms with Crippen molar-refractivity contribution < 1.29 is 9.53 Å². The smallest absolute Gasteiger partial charge is 0.255 e. The van der Waals surface area contributed by atoms with E-state index in [1.54, 1.807) is 7.11 Å². The highest BCUT2D eigenvalue weighted by Crippen LogP contribution is 2.39. The Labute approximate surface area is 147 Å². The molecule has 1 aliphatic carbocycles. The fourth-order valence-electron chi connectivity index (χ4n) is 3.55. The van der Waals surface area contributed by atoms with Crippen molar-refractivity contribution >= 4 is 5.91 Å². The normalized spacial score (nSPS) is 19.8. The summed E-state index contributed by atoms with van der Waals surface area (Å²) in [5, 5.41) is 11.9. The molecule has 0 saturated heterocycles. The van der Waals surface area contributed by atoms with Crippen LogP contribution < -0.4 is 10.1 Å². The number of nitrogens with one attached hydrogen (secondary N) is 1. The minimum Gasteiger partial charge on any atom is -0.496 e. The molecule has 4 rings (SSSR count). The number of hydrogen-bond acceptors (Lipinski definition) is 4. The van der Waals surface area contributed by atoms with Crippen molar-refractivity contribution in [2.24, 2.45) is 0 Å². The van der Waals surface area contributed by atoms with E-state index in [9.17, 15) is 4.79 Å². The van der Waals surface area contributed by atoms with Crippen molar-refractivity contribution in [3.05, 3.63) is 41.0 Å². The van der Waals surface area contributed by atoms with E-state index in [4.69, 9.17) is 4.74 Å². The van der Waals surface area contributed by atoms with Crippen LogP contribution in [-0.2, 0) is 13.0 Å². The molecule has 6 nitrogen and oxygen atoms in total. The SMILES string of the molecule is COc1cc(C)ccc1C(=O)NC1CCc2nnc(C3CC3)n2CC1. The third-order valence-electron chi connectivity index (χ3n) is 5.15. The summed E-state index contributed by atoms with van der Waals surface area (Å²) in [7, 11) is 1.60. The summed E-state index contributed by atoms with van der Waals surface area (Å²) in [5.74, 6) is 3.36. The first kappa shape index (κ1) is 16.1. The Balaban J connectivity index is 1.44. The van der Waals surface area contributed by atoms with Gasteiger partial charge in [0, 0.05) is 24.9 Å². The van der Waals surface area contributed by atoms with Crippen molar-refractivity contribution in [1.29, 1.82) is 0 Å². The number of amides is 1. The lowest BCUT2D eigenvalue weighted by Crippen LogP contribution is -2.35. The topological polar surface area (TPSA) is 69.0 Å². The minimum absolute atomic E-state index is 0.0677. The summed E-state index contributed by atoms with van der Waals surface area (Å²) < 4.78 is 7.64. The average molecular weight is 340 g/mol. The van der Waals surface area contributed by atoms with Crippen LogP contribution in [-0.4, -0.2) is 33.8 Å². The number of nitrogens with zero attached hydrogens (tertiary/aromatic N) is 3. The van der Waals surface area contributed by atoms with Crippen LogP contribution in [0.5, 0.6) is 5.75 Å². The lowest BCUT2D eigenvalue weighted by atomic mass is 10.1. The van der Waals surface area contributed by atoms with Gasteiger partial charge in [0.2, 0.25) is 0 Å². The molecule has 0 spiro atoms. The van der Waals surface area contributed by atoms with Gasteiger partial charge >= 0.3 is 0 Å². The number of aryl methyl sites for hydroxylation is 2. The van der Waals surface area contributed by atoms with Crippen LogP contribution in [0.25, 0.3) is 0 Å². The summed E-state index contributed by atoms with van der Waals surface area (Å²) in [6.07, 6.45) is 5.11. The fourth-order valence-corrected chi connectivity index (χ4v) is 3.55. The highest BCUT2D eigenvalue weighted by molar-refractivity contribution is 5.97. The molecule has 1 aromatic carbocycles. The van der Waals surface area contributed by atoms with E-state index in [2.05, 4.69) is 20.1 Å². The van der Waals surface area contributed by atoms with Gasteiger partial charge in [0.05, 0.1) is 12.7 Å². The van der Waals surface area contributed by atoms with Gasteiger partial charge in [0.1, 0.15) is 17.4 Å². The first-order chi connectivity index (χ1) is 12.2. The number of fused-ring (bicyclic) bond motifs is 1. The Hall–Kier alpha value is -2.37. The first-order valence-electron chi connectivity index (χ1n) is 9.03. The number of rotatable bonds is 4. The van der Waals surface area contributed by atoms with E-state index in [0.29, 0.717) is 17.2 Å². The third kappa shape index (κ3) is 3.25. The number of benzene rings is 1. The van der Waals surface area contributed by atoms with Crippen LogP contribution in [0.15, 0.2) is 18.2 Å². The van der Waals surface area contributed by atoms with E-state index < -0.39 is 0 Å². The summed E-state index contributed by atoms with van der Waals surface area (Å²) in [4.78, 5) is 12.7. The number of carbonyl (C=O) groups excluding carboxylic acids is 1. The van der Waals surface area contributed by atoms with Crippen LogP contribution >= 0.6 is 0 Å². The summed E-state index contributed by atoms with van der Waals surface area (Å²) in [6.45, 7) is 2.87. The largest absolute Gasteiger partial charge is 0.496 e. The Morgan fingerprint density at radius 1 is 1.24 bits per heavy atom. The Morgan fingerprint density at radius 3 is 2.84 bits per heavy atom. The van der Waals surface area contributed by atoms with Gasteiger partial charge < -0.3 is 14.6 Å². The van der Waals surface area contributed by atoms with E-state index in [1.165, 1.54) is 12.8 Å². The lowest BCUT2D eigenvalue weighted by molar-refractivity contribution is 0.0930. The Kier molecular flexibility index (Phi) is 4.19. The molecule has 2 heterocycles. The maximum Gasteiger partial charge on any atom is 0.255 e. The maximum absolute atomic E-state index is 12.7. The molecule has 0 radical (unpaired) electrons. The van der Waals surface area contributed by atoms with E-state index >= 15 is 0 Å². The highest BCUT2D eigenvalue weighted by atomic mass is 16.5. The zero-order chi connectivity index (χ0) is 17.4. The summed E-state index contributed by atoms with van der Waals surface area (Å²) in [5.41, 5.74) is 1.67. The minimum atomic E-state index is -0.0677. The van der Waals surface area contributed by atoms with Gasteiger partial charge in [0.25, 0.3) is 5.91 Å². The Morgan fingerprint density at radius 2 is 2.08 bits per heavy atom. The van der Waals surface area contributed by atoms with E-state index in [0.717, 1.165) is 43.0 Å². The molecule has 1 aromatic heterocycles. The summed E-state index contributed by atoms with van der Waals surface area (Å²) in [6, 6.07) is 5.81. The van der Waals surface area contributed by atoms with E-state index in [-0.39, 0.29) is 11.9 Å². The molecule has 6 heteroatoms. The van der Waals surface area contributed by atoms with Gasteiger partial charge in [0.15, 0.2) is 0 Å². The second kappa shape index (κ2) is 6.50. The van der Waals surface area contributed by atoms with Gasteiger partial charge in [-0.25, -0.2) is 0 Å². The van der Waals surface area contributed by atoms with E-state index in [1.807, 2.05) is 25.1 Å². The molecule has 1 fully saturated rings. The second-order valence-corrected chi connectivity index (χ2v) is 7.10. The number of carbonyl (C=O) groups is 1. The van der Waals surface area contributed by atoms with Crippen molar-refractivity contribution in [2.45, 2.75) is 57.5 Å². The van der Waals surface area contributed by atoms with Gasteiger partial charge in [-0.05, 0) is 50.3 Å². The molecule has 25 heavy (non-hydrogen) atoms. The zero-order valence-corrected chi connectivity index (χ0v) is 14.8. The quantitative estimate of drug-likeness (QED) is 0.929. The summed E-state index contributed by atoms with van der Waals surface area (Å²) >= 11 is 0. The van der Waals surface area contributed by atoms with Crippen LogP contribution in [0.2, 0.25) is 0 Å². The van der Waals surface area contributed by atoms with Crippen LogP contribution in [0, 0.1) is 6.92 Å². The van der Waals surface area contributed by atoms with Crippen LogP contribution in [0.3, 0.4) is 0 Å². The number of hydrogen-bond donors (Lipinski definition) is 1. The fraction of sp³-hybridized carbons (Fsp3) is 0.526. The van der Waals surface area contributed by atoms with Gasteiger partial charge in [-0.1, -0.05) is 6.07 Å². The molecular formula is C19H24N4O2. The van der Waals surface area contributed by atoms with Crippen LogP contribution in [0.1, 0.15) is 59.2 Å². The average Bonchev–Trinajstić information content (AvgIpc) is 3.40. The first-order valence-corrected chi connectivity index (χ1v) is 9.03. The molecule has 132 valence electrons. The number of methoxy groups -OCH3 is 1. The standard InChI is InChI=1S/C19H24N4O2/c1-12-3-7-15(16(11-12)25-2)19(24)20-14-6-8-17-21-22-18(13-4-5-13)23(17)10-9-14/h3,7,11,13-14H,4-6,8-10H2,1-2H3,(H,20,24). The number of ether oxygens (including phenoxy) is 1. The van der Waals surface area contributed by atoms with Gasteiger partial charge in [-0.15, -0.1) is 10.2 Å². The molecule has 2 aliphatic rings. The molecule has 2 aromatic rings. The molecule has 1 unspecified atom stereocenters. The molecule has 1 saturated carbocycles. The molecule has 1 amide bonds. The van der Waals surface area contributed by atoms with Crippen molar-refractivity contribution in [2.75, 3.05) is 7.11 Å². The molecular weight excluding hydrogens is 316 g/mol. The predicted octanol–water partition coefficient (Wildman–Crippen LogP) is 2.61. The van der Waals surface area contributed by atoms with Crippen LogP contribution in [0.4, 0.5) is 0 Å². The molecule has 1 N–H and O–H groups in total. The zero-order valence-electron chi connectivity index (χ0n) is 14.8. The monoisotopic (exact) mass is 340 g/mol. The lowest BCUT2D eigenvalue weighted by Gasteiger charge is -2.17. The van der Waals surface area contributed by atoms with Gasteiger partial charge in [-0.3, -0.25) is 4.79 Å². The molecule has 0 bridgehead atoms. The molecule has 1 aliphatic heterocycles. The second-order valence-electron chi connectivity index (χ2n) is 7.10. The highest BCUT2D eigenvalue weighted by Gasteiger charge is 2.31. The van der Waals surface area contributed by atoms with Crippen molar-refractivity contribution in [3.63, 3.8) is 0 Å². The third-order valence-corrected chi connectivity index (χ3v) is 5.15. The Bertz CT molecular complexity index is 795. The van der Waals surface area contributed by atoms with Crippen molar-refractivity contribution in [3.8, 4) is 5.75 Å². The maximum atomic E-state index is 12.7. The number of aromatic nitrogens is 3. The predicted molar refractivity (Wildman–Crippen MR) is 93.9 cm³/mol. The van der Waals surface area contributed by atoms with Crippen molar-refractivity contribution in [1.82, 2.24) is 20.1 Å². The van der Waals surface area contributed by atoms with Gasteiger partial charge in [-0.2, -0.15) is 0 Å². The molecule has 1 atom stereocenters.